The molecule has 0 unspecified atom stereocenters. The summed E-state index contributed by atoms with van der Waals surface area (Å²) in [6, 6.07) is 11.2. The number of pyridine rings is 1. The van der Waals surface area contributed by atoms with Gasteiger partial charge in [0.2, 0.25) is 0 Å². The predicted octanol–water partition coefficient (Wildman–Crippen LogP) is 3.15. The van der Waals surface area contributed by atoms with E-state index in [4.69, 9.17) is 14.2 Å². The van der Waals surface area contributed by atoms with Crippen LogP contribution in [-0.4, -0.2) is 49.4 Å². The Kier molecular flexibility index (Phi) is 5.09. The van der Waals surface area contributed by atoms with Crippen molar-refractivity contribution in [3.8, 4) is 22.9 Å². The van der Waals surface area contributed by atoms with E-state index in [1.54, 1.807) is 27.4 Å². The maximum absolute atomic E-state index is 13.1. The predicted molar refractivity (Wildman–Crippen MR) is 113 cm³/mol. The minimum Gasteiger partial charge on any atom is -0.493 e. The third kappa shape index (κ3) is 3.38. The Bertz CT molecular complexity index is 1200. The zero-order chi connectivity index (χ0) is 20.4. The summed E-state index contributed by atoms with van der Waals surface area (Å²) in [6.07, 6.45) is 0. The summed E-state index contributed by atoms with van der Waals surface area (Å²) in [4.78, 5) is 23.8. The molecule has 2 heterocycles. The Hall–Kier alpha value is -3.52. The summed E-state index contributed by atoms with van der Waals surface area (Å²) >= 11 is 0. The van der Waals surface area contributed by atoms with Crippen LogP contribution in [0.2, 0.25) is 0 Å². The van der Waals surface area contributed by atoms with Crippen LogP contribution >= 0.6 is 0 Å². The number of ether oxygens (including phenoxy) is 3. The van der Waals surface area contributed by atoms with Crippen molar-refractivity contribution in [3.63, 3.8) is 0 Å². The minimum absolute atomic E-state index is 0.260. The van der Waals surface area contributed by atoms with Gasteiger partial charge in [0.25, 0.3) is 5.56 Å². The van der Waals surface area contributed by atoms with Crippen LogP contribution in [-0.2, 0) is 4.74 Å². The van der Waals surface area contributed by atoms with Crippen molar-refractivity contribution in [3.05, 3.63) is 46.8 Å². The molecule has 29 heavy (non-hydrogen) atoms. The van der Waals surface area contributed by atoms with Crippen molar-refractivity contribution < 1.29 is 14.2 Å². The molecule has 0 fully saturated rings. The second-order valence-electron chi connectivity index (χ2n) is 6.48. The first kappa shape index (κ1) is 18.8. The van der Waals surface area contributed by atoms with E-state index in [-0.39, 0.29) is 5.56 Å². The molecule has 0 aliphatic rings. The second kappa shape index (κ2) is 7.84. The molecule has 8 nitrogen and oxygen atoms in total. The van der Waals surface area contributed by atoms with Crippen molar-refractivity contribution in [2.45, 2.75) is 0 Å². The Morgan fingerprint density at radius 2 is 1.76 bits per heavy atom. The van der Waals surface area contributed by atoms with E-state index in [0.717, 1.165) is 16.4 Å². The lowest BCUT2D eigenvalue weighted by Crippen LogP contribution is -2.17. The number of anilines is 1. The first-order valence-corrected chi connectivity index (χ1v) is 9.16. The number of hydrogen-bond acceptors (Lipinski definition) is 6. The number of aromatic nitrogens is 3. The fourth-order valence-corrected chi connectivity index (χ4v) is 3.38. The summed E-state index contributed by atoms with van der Waals surface area (Å²) in [5, 5.41) is 4.11. The zero-order valence-electron chi connectivity index (χ0n) is 16.5. The third-order valence-corrected chi connectivity index (χ3v) is 4.75. The minimum atomic E-state index is -0.260. The van der Waals surface area contributed by atoms with Gasteiger partial charge < -0.3 is 29.5 Å². The summed E-state index contributed by atoms with van der Waals surface area (Å²) in [6.45, 7) is 1.01. The van der Waals surface area contributed by atoms with Crippen LogP contribution < -0.4 is 20.3 Å². The molecule has 8 heteroatoms. The van der Waals surface area contributed by atoms with Gasteiger partial charge in [-0.1, -0.05) is 12.1 Å². The van der Waals surface area contributed by atoms with Gasteiger partial charge in [0.05, 0.1) is 43.1 Å². The Morgan fingerprint density at radius 3 is 2.48 bits per heavy atom. The highest BCUT2D eigenvalue weighted by molar-refractivity contribution is 6.00. The Balaban J connectivity index is 1.99. The number of benzene rings is 2. The standard InChI is InChI=1S/C21H22N4O4/c1-27-9-8-22-19-12-10-16(28-2)17(29-3)11-15(12)25-21(26)18(19)20-23-13-6-4-5-7-14(13)24-20/h4-7,10-11H,8-9H2,1-3H3,(H,23,24)(H2,22,25,26). The highest BCUT2D eigenvalue weighted by Gasteiger charge is 2.19. The topological polar surface area (TPSA) is 101 Å². The number of imidazole rings is 1. The largest absolute Gasteiger partial charge is 0.493 e. The number of hydrogen-bond donors (Lipinski definition) is 3. The van der Waals surface area contributed by atoms with Crippen LogP contribution in [0.25, 0.3) is 33.3 Å². The fraction of sp³-hybridized carbons (Fsp3) is 0.238. The number of aromatic amines is 2. The van der Waals surface area contributed by atoms with Gasteiger partial charge in [-0.15, -0.1) is 0 Å². The number of para-hydroxylation sites is 2. The summed E-state index contributed by atoms with van der Waals surface area (Å²) in [7, 11) is 4.77. The lowest BCUT2D eigenvalue weighted by atomic mass is 10.1. The molecule has 150 valence electrons. The molecule has 4 aromatic rings. The van der Waals surface area contributed by atoms with E-state index < -0.39 is 0 Å². The highest BCUT2D eigenvalue weighted by Crippen LogP contribution is 2.37. The van der Waals surface area contributed by atoms with Gasteiger partial charge in [-0.3, -0.25) is 4.79 Å². The molecule has 0 atom stereocenters. The molecule has 3 N–H and O–H groups in total. The molecule has 0 aliphatic carbocycles. The molecular formula is C21H22N4O4. The molecule has 2 aromatic carbocycles. The van der Waals surface area contributed by atoms with Crippen molar-refractivity contribution in [1.82, 2.24) is 15.0 Å². The normalized spacial score (nSPS) is 11.1. The van der Waals surface area contributed by atoms with Gasteiger partial charge in [-0.2, -0.15) is 0 Å². The second-order valence-corrected chi connectivity index (χ2v) is 6.48. The van der Waals surface area contributed by atoms with Gasteiger partial charge in [0.1, 0.15) is 11.4 Å². The SMILES string of the molecule is COCCNc1c(-c2nc3ccccc3[nH]2)c(=O)[nH]c2cc(OC)c(OC)cc12. The fourth-order valence-electron chi connectivity index (χ4n) is 3.38. The highest BCUT2D eigenvalue weighted by atomic mass is 16.5. The quantitative estimate of drug-likeness (QED) is 0.416. The maximum atomic E-state index is 13.1. The molecule has 0 saturated heterocycles. The van der Waals surface area contributed by atoms with Gasteiger partial charge >= 0.3 is 0 Å². The van der Waals surface area contributed by atoms with Crippen LogP contribution in [0.1, 0.15) is 0 Å². The third-order valence-electron chi connectivity index (χ3n) is 4.75. The number of fused-ring (bicyclic) bond motifs is 2. The van der Waals surface area contributed by atoms with Crippen molar-refractivity contribution in [2.75, 3.05) is 39.8 Å². The van der Waals surface area contributed by atoms with Crippen LogP contribution in [0.15, 0.2) is 41.2 Å². The van der Waals surface area contributed by atoms with Gasteiger partial charge in [0, 0.05) is 25.1 Å². The monoisotopic (exact) mass is 394 g/mol. The Labute approximate surface area is 166 Å². The summed E-state index contributed by atoms with van der Waals surface area (Å²) in [5.41, 5.74) is 3.10. The average Bonchev–Trinajstić information content (AvgIpc) is 3.16. The van der Waals surface area contributed by atoms with Crippen LogP contribution in [0.5, 0.6) is 11.5 Å². The van der Waals surface area contributed by atoms with E-state index >= 15 is 0 Å². The van der Waals surface area contributed by atoms with E-state index in [1.165, 1.54) is 0 Å². The van der Waals surface area contributed by atoms with Crippen molar-refractivity contribution in [1.29, 1.82) is 0 Å². The molecule has 0 aliphatic heterocycles. The van der Waals surface area contributed by atoms with Gasteiger partial charge in [-0.05, 0) is 18.2 Å². The summed E-state index contributed by atoms with van der Waals surface area (Å²) < 4.78 is 16.0. The molecular weight excluding hydrogens is 372 g/mol. The number of methoxy groups -OCH3 is 3. The van der Waals surface area contributed by atoms with Crippen LogP contribution in [0.4, 0.5) is 5.69 Å². The molecule has 2 aromatic heterocycles. The molecule has 0 saturated carbocycles. The number of rotatable bonds is 7. The van der Waals surface area contributed by atoms with E-state index in [1.807, 2.05) is 30.3 Å². The molecule has 0 radical (unpaired) electrons. The van der Waals surface area contributed by atoms with Gasteiger partial charge in [-0.25, -0.2) is 4.98 Å². The zero-order valence-corrected chi connectivity index (χ0v) is 16.5. The molecule has 4 rings (SSSR count). The first-order chi connectivity index (χ1) is 14.2. The average molecular weight is 394 g/mol. The van der Waals surface area contributed by atoms with Crippen LogP contribution in [0, 0.1) is 0 Å². The van der Waals surface area contributed by atoms with Gasteiger partial charge in [0.15, 0.2) is 11.5 Å². The van der Waals surface area contributed by atoms with E-state index in [2.05, 4.69) is 20.3 Å². The van der Waals surface area contributed by atoms with Crippen LogP contribution in [0.3, 0.4) is 0 Å². The number of nitrogens with zero attached hydrogens (tertiary/aromatic N) is 1. The maximum Gasteiger partial charge on any atom is 0.261 e. The van der Waals surface area contributed by atoms with Crippen molar-refractivity contribution >= 4 is 27.6 Å². The Morgan fingerprint density at radius 1 is 1.00 bits per heavy atom. The molecule has 0 bridgehead atoms. The number of H-pyrrole nitrogens is 2. The molecule has 0 amide bonds. The lowest BCUT2D eigenvalue weighted by molar-refractivity contribution is 0.211. The first-order valence-electron chi connectivity index (χ1n) is 9.16. The summed E-state index contributed by atoms with van der Waals surface area (Å²) in [5.74, 6) is 1.59. The number of nitrogens with one attached hydrogen (secondary N) is 3. The lowest BCUT2D eigenvalue weighted by Gasteiger charge is -2.15. The smallest absolute Gasteiger partial charge is 0.261 e. The van der Waals surface area contributed by atoms with Crippen molar-refractivity contribution in [2.24, 2.45) is 0 Å². The van der Waals surface area contributed by atoms with E-state index in [0.29, 0.717) is 47.2 Å². The van der Waals surface area contributed by atoms with E-state index in [9.17, 15) is 4.79 Å². The molecule has 0 spiro atoms.